The van der Waals surface area contributed by atoms with Crippen LogP contribution in [0.15, 0.2) is 195 Å². The fourth-order valence-electron chi connectivity index (χ4n) is 16.8. The van der Waals surface area contributed by atoms with Crippen LogP contribution in [0.2, 0.25) is 0 Å². The van der Waals surface area contributed by atoms with Gasteiger partial charge in [0.2, 0.25) is 0 Å². The van der Waals surface area contributed by atoms with E-state index in [4.69, 9.17) is 38.9 Å². The molecule has 4 aliphatic heterocycles. The van der Waals surface area contributed by atoms with Gasteiger partial charge in [0.1, 0.15) is 23.0 Å². The van der Waals surface area contributed by atoms with Gasteiger partial charge < -0.3 is 38.9 Å². The number of fused-ring (bicyclic) bond motifs is 16. The summed E-state index contributed by atoms with van der Waals surface area (Å²) in [5.74, 6) is 17.2. The molecule has 4 aliphatic rings. The summed E-state index contributed by atoms with van der Waals surface area (Å²) in [6, 6.07) is 58.4. The molecule has 12 aromatic rings. The van der Waals surface area contributed by atoms with E-state index in [0.29, 0.717) is 60.6 Å². The molecule has 14 nitrogen and oxygen atoms in total. The van der Waals surface area contributed by atoms with Gasteiger partial charge in [0.15, 0.2) is 0 Å². The zero-order valence-electron chi connectivity index (χ0n) is 72.2. The fourth-order valence-corrected chi connectivity index (χ4v) is 16.8. The van der Waals surface area contributed by atoms with Gasteiger partial charge in [-0.2, -0.15) is 0 Å². The summed E-state index contributed by atoms with van der Waals surface area (Å²) >= 11 is 0. The Kier molecular flexibility index (Phi) is 28.9. The molecule has 0 saturated heterocycles. The van der Waals surface area contributed by atoms with E-state index in [0.717, 1.165) is 208 Å². The van der Waals surface area contributed by atoms with Crippen molar-refractivity contribution in [2.45, 2.75) is 182 Å². The molecule has 0 aliphatic carbocycles. The van der Waals surface area contributed by atoms with Crippen molar-refractivity contribution in [3.8, 4) is 102 Å². The maximum absolute atomic E-state index is 6.88. The molecular formula is C110H112N10O4. The van der Waals surface area contributed by atoms with E-state index in [-0.39, 0.29) is 0 Å². The van der Waals surface area contributed by atoms with Gasteiger partial charge in [-0.05, 0) is 218 Å². The van der Waals surface area contributed by atoms with E-state index < -0.39 is 0 Å². The van der Waals surface area contributed by atoms with Gasteiger partial charge in [-0.1, -0.05) is 216 Å². The lowest BCUT2D eigenvalue weighted by atomic mass is 10.0. The van der Waals surface area contributed by atoms with Crippen LogP contribution >= 0.6 is 0 Å². The minimum absolute atomic E-state index is 0.573. The molecule has 0 atom stereocenters. The fraction of sp³-hybridized carbons (Fsp3) is 0.291. The predicted octanol–water partition coefficient (Wildman–Crippen LogP) is 28.5. The first-order valence-corrected chi connectivity index (χ1v) is 45.4. The van der Waals surface area contributed by atoms with Crippen molar-refractivity contribution in [3.05, 3.63) is 262 Å². The van der Waals surface area contributed by atoms with Crippen molar-refractivity contribution in [2.24, 2.45) is 0 Å². The lowest BCUT2D eigenvalue weighted by Crippen LogP contribution is -2.01. The number of benzene rings is 4. The Morgan fingerprint density at radius 3 is 0.798 bits per heavy atom. The van der Waals surface area contributed by atoms with E-state index in [2.05, 4.69) is 215 Å². The normalized spacial score (nSPS) is 11.9. The van der Waals surface area contributed by atoms with Gasteiger partial charge in [0.25, 0.3) is 0 Å². The number of hydrogen-bond acceptors (Lipinski definition) is 10. The quantitative estimate of drug-likeness (QED) is 0.0216. The number of nitrogens with one attached hydrogen (secondary N) is 4. The largest absolute Gasteiger partial charge is 0.493 e. The summed E-state index contributed by atoms with van der Waals surface area (Å²) in [5.41, 5.74) is 23.9. The molecule has 8 aromatic heterocycles. The maximum Gasteiger partial charge on any atom is 0.123 e. The first kappa shape index (κ1) is 84.3. The van der Waals surface area contributed by atoms with Gasteiger partial charge in [-0.15, -0.1) is 0 Å². The number of ether oxygens (including phenoxy) is 4. The Morgan fingerprint density at radius 2 is 0.484 bits per heavy atom. The molecule has 0 unspecified atom stereocenters. The second-order valence-electron chi connectivity index (χ2n) is 32.6. The van der Waals surface area contributed by atoms with Crippen LogP contribution < -0.4 is 18.9 Å². The van der Waals surface area contributed by atoms with Crippen molar-refractivity contribution < 1.29 is 18.9 Å². The standard InChI is InChI=1S/C110H112N10O4/c1-5-9-13-17-21-31-67-121-83-71-81(72-84(75-83)122-68-32-22-18-14-10-6-2)107-97-49-45-91(115-97)87(41-39-77-35-27-25-28-36-77)89-43-47-93(113-89)105(79-59-63-111-64-60-79)95-51-55-101(117-95)109(103-57-53-99(107)119-103)110-102-56-52-96(118-102)106(80-61-65-112-66-62-80)94-48-44-90(114-94)88(42-40-78-37-29-26-30-38-78)92-46-50-98(116-92)108(100-54-58-104(110)120-100)82-73-85(123-69-33-23-19-15-11-7-3)76-86(74-82)124-70-34-24-20-16-12-8-4/h25-30,35-38,43-66,71-76,115-118H,5-24,31-34,67-70H2,1-4H3. The van der Waals surface area contributed by atoms with Crippen LogP contribution in [-0.4, -0.2) is 76.3 Å². The number of aromatic nitrogens is 10. The number of H-pyrrole nitrogens is 4. The van der Waals surface area contributed by atoms with Crippen molar-refractivity contribution in [2.75, 3.05) is 26.4 Å². The van der Waals surface area contributed by atoms with Gasteiger partial charge >= 0.3 is 0 Å². The molecule has 16 bridgehead atoms. The SMILES string of the molecule is CCCCCCCCOc1cc(OCCCCCCCC)cc(-c2c3nc(c(-c4c5nc(c(-c6cc(OCCCCCCCC)cc(OCCCCCCCC)c6)c6ccc([nH]6)c(C#Cc6ccccc6)c6nc(c(-c7ccncc7)c7ccc4[nH]7)C=C6)C=C5)c4ccc([nH]4)c(-c4ccncc4)c4nc(c(C#Cc5ccccc5)c5ccc2[nH]5)C=C4)C=C3)c1. The molecule has 4 aromatic carbocycles. The van der Waals surface area contributed by atoms with Crippen molar-refractivity contribution >= 4 is 92.7 Å². The highest BCUT2D eigenvalue weighted by Crippen LogP contribution is 2.44. The Morgan fingerprint density at radius 1 is 0.234 bits per heavy atom. The van der Waals surface area contributed by atoms with Crippen LogP contribution in [0.3, 0.4) is 0 Å². The van der Waals surface area contributed by atoms with Crippen LogP contribution in [0.25, 0.3) is 148 Å². The maximum atomic E-state index is 6.88. The van der Waals surface area contributed by atoms with E-state index in [1.54, 1.807) is 0 Å². The molecule has 0 saturated carbocycles. The van der Waals surface area contributed by atoms with Crippen molar-refractivity contribution in [3.63, 3.8) is 0 Å². The summed E-state index contributed by atoms with van der Waals surface area (Å²) in [4.78, 5) is 48.5. The lowest BCUT2D eigenvalue weighted by molar-refractivity contribution is 0.289. The number of nitrogens with zero attached hydrogens (tertiary/aromatic N) is 6. The van der Waals surface area contributed by atoms with Gasteiger partial charge in [0, 0.05) is 115 Å². The Labute approximate surface area is 730 Å². The Bertz CT molecular complexity index is 5880. The van der Waals surface area contributed by atoms with Crippen LogP contribution in [0.4, 0.5) is 0 Å². The zero-order chi connectivity index (χ0) is 84.4. The monoisotopic (exact) mass is 1640 g/mol. The highest BCUT2D eigenvalue weighted by molar-refractivity contribution is 6.05. The van der Waals surface area contributed by atoms with Crippen LogP contribution in [0.5, 0.6) is 23.0 Å². The molecular weight excluding hydrogens is 1530 g/mol. The van der Waals surface area contributed by atoms with Crippen LogP contribution in [0.1, 0.15) is 250 Å². The Hall–Kier alpha value is -13.3. The van der Waals surface area contributed by atoms with Crippen LogP contribution in [0, 0.1) is 23.7 Å². The van der Waals surface area contributed by atoms with Gasteiger partial charge in [-0.3, -0.25) is 9.97 Å². The third-order valence-corrected chi connectivity index (χ3v) is 23.3. The van der Waals surface area contributed by atoms with Gasteiger partial charge in [-0.25, -0.2) is 19.9 Å². The summed E-state index contributed by atoms with van der Waals surface area (Å²) in [7, 11) is 0. The number of unbranched alkanes of at least 4 members (excludes halogenated alkanes) is 20. The molecule has 14 heteroatoms. The topological polar surface area (TPSA) is 177 Å². The smallest absolute Gasteiger partial charge is 0.123 e. The first-order valence-electron chi connectivity index (χ1n) is 45.4. The lowest BCUT2D eigenvalue weighted by Gasteiger charge is -2.14. The summed E-state index contributed by atoms with van der Waals surface area (Å²) < 4.78 is 27.5. The van der Waals surface area contributed by atoms with E-state index in [1.807, 2.05) is 110 Å². The number of pyridine rings is 2. The molecule has 626 valence electrons. The second-order valence-corrected chi connectivity index (χ2v) is 32.6. The highest BCUT2D eigenvalue weighted by atomic mass is 16.5. The molecule has 0 fully saturated rings. The molecule has 0 amide bonds. The van der Waals surface area contributed by atoms with E-state index in [9.17, 15) is 0 Å². The third kappa shape index (κ3) is 21.1. The van der Waals surface area contributed by atoms with Crippen molar-refractivity contribution in [1.82, 2.24) is 49.8 Å². The van der Waals surface area contributed by atoms with E-state index >= 15 is 0 Å². The zero-order valence-corrected chi connectivity index (χ0v) is 72.2. The molecule has 0 radical (unpaired) electrons. The third-order valence-electron chi connectivity index (χ3n) is 23.3. The summed E-state index contributed by atoms with van der Waals surface area (Å²) in [6.07, 6.45) is 51.8. The number of hydrogen-bond donors (Lipinski definition) is 4. The molecule has 16 rings (SSSR count). The minimum atomic E-state index is 0.573. The second kappa shape index (κ2) is 42.5. The van der Waals surface area contributed by atoms with Crippen LogP contribution in [-0.2, 0) is 0 Å². The summed E-state index contributed by atoms with van der Waals surface area (Å²) in [5, 5.41) is 0. The average Bonchev–Trinajstić information content (AvgIpc) is 1.60. The minimum Gasteiger partial charge on any atom is -0.493 e. The Balaban J connectivity index is 0.997. The van der Waals surface area contributed by atoms with E-state index in [1.165, 1.54) is 103 Å². The van der Waals surface area contributed by atoms with Gasteiger partial charge in [0.05, 0.1) is 94.1 Å². The number of rotatable bonds is 37. The molecule has 0 spiro atoms. The predicted molar refractivity (Wildman–Crippen MR) is 514 cm³/mol. The average molecular weight is 1640 g/mol. The first-order chi connectivity index (χ1) is 61.3. The number of aromatic amines is 4. The summed E-state index contributed by atoms with van der Waals surface area (Å²) in [6.45, 7) is 11.3. The molecule has 4 N–H and O–H groups in total. The highest BCUT2D eigenvalue weighted by Gasteiger charge is 2.26. The molecule has 124 heavy (non-hydrogen) atoms. The molecule has 12 heterocycles. The van der Waals surface area contributed by atoms with Crippen molar-refractivity contribution in [1.29, 1.82) is 0 Å².